The van der Waals surface area contributed by atoms with Gasteiger partial charge in [0.2, 0.25) is 0 Å². The van der Waals surface area contributed by atoms with E-state index in [0.29, 0.717) is 11.5 Å². The quantitative estimate of drug-likeness (QED) is 0.735. The molecule has 1 saturated heterocycles. The highest BCUT2D eigenvalue weighted by atomic mass is 79.9. The third-order valence-corrected chi connectivity index (χ3v) is 4.63. The number of ether oxygens (including phenoxy) is 1. The lowest BCUT2D eigenvalue weighted by Gasteiger charge is -2.43. The summed E-state index contributed by atoms with van der Waals surface area (Å²) in [5.74, 6) is 0. The summed E-state index contributed by atoms with van der Waals surface area (Å²) in [7, 11) is 0. The molecule has 0 aromatic carbocycles. The molecule has 0 amide bonds. The zero-order chi connectivity index (χ0) is 11.1. The van der Waals surface area contributed by atoms with E-state index in [2.05, 4.69) is 41.6 Å². The third-order valence-electron chi connectivity index (χ3n) is 3.44. The Labute approximate surface area is 101 Å². The number of nitrogens with zero attached hydrogens (tertiary/aromatic N) is 1. The molecule has 0 radical (unpaired) electrons. The first kappa shape index (κ1) is 11.9. The second kappa shape index (κ2) is 4.01. The van der Waals surface area contributed by atoms with Crippen molar-refractivity contribution in [3.8, 4) is 0 Å². The van der Waals surface area contributed by atoms with Crippen LogP contribution in [0.3, 0.4) is 0 Å². The summed E-state index contributed by atoms with van der Waals surface area (Å²) < 4.78 is 5.92. The second-order valence-electron chi connectivity index (χ2n) is 5.99. The van der Waals surface area contributed by atoms with Crippen LogP contribution in [0.5, 0.6) is 0 Å². The summed E-state index contributed by atoms with van der Waals surface area (Å²) in [6, 6.07) is 0. The van der Waals surface area contributed by atoms with Crippen LogP contribution >= 0.6 is 15.9 Å². The molecule has 1 saturated carbocycles. The SMILES string of the molecule is CC1CN(CC2(CBr)CC2)CC(C)(C)O1. The maximum absolute atomic E-state index is 5.92. The van der Waals surface area contributed by atoms with Gasteiger partial charge in [-0.3, -0.25) is 4.90 Å². The number of hydrogen-bond donors (Lipinski definition) is 0. The molecule has 15 heavy (non-hydrogen) atoms. The zero-order valence-electron chi connectivity index (χ0n) is 10.1. The number of morpholine rings is 1. The first-order valence-corrected chi connectivity index (χ1v) is 7.03. The molecule has 0 aromatic rings. The Hall–Kier alpha value is 0.400. The molecule has 0 aromatic heterocycles. The van der Waals surface area contributed by atoms with E-state index in [9.17, 15) is 0 Å². The van der Waals surface area contributed by atoms with Crippen molar-refractivity contribution < 1.29 is 4.74 Å². The van der Waals surface area contributed by atoms with Crippen molar-refractivity contribution in [2.24, 2.45) is 5.41 Å². The molecule has 1 heterocycles. The van der Waals surface area contributed by atoms with Crippen LogP contribution in [0.4, 0.5) is 0 Å². The van der Waals surface area contributed by atoms with Gasteiger partial charge in [-0.25, -0.2) is 0 Å². The Kier molecular flexibility index (Phi) is 3.17. The van der Waals surface area contributed by atoms with E-state index in [0.717, 1.165) is 18.4 Å². The average molecular weight is 276 g/mol. The smallest absolute Gasteiger partial charge is 0.0757 e. The van der Waals surface area contributed by atoms with Crippen LogP contribution in [0.1, 0.15) is 33.6 Å². The Morgan fingerprint density at radius 1 is 1.40 bits per heavy atom. The Bertz CT molecular complexity index is 238. The molecule has 1 aliphatic carbocycles. The van der Waals surface area contributed by atoms with Gasteiger partial charge in [0.25, 0.3) is 0 Å². The van der Waals surface area contributed by atoms with Gasteiger partial charge in [-0.1, -0.05) is 15.9 Å². The van der Waals surface area contributed by atoms with Gasteiger partial charge in [-0.2, -0.15) is 0 Å². The fraction of sp³-hybridized carbons (Fsp3) is 1.00. The summed E-state index contributed by atoms with van der Waals surface area (Å²) in [6.07, 6.45) is 3.16. The standard InChI is InChI=1S/C12H22BrNO/c1-10-6-14(8-11(2,3)15-10)9-12(7-13)4-5-12/h10H,4-9H2,1-3H3. The van der Waals surface area contributed by atoms with Crippen molar-refractivity contribution in [1.82, 2.24) is 4.90 Å². The van der Waals surface area contributed by atoms with E-state index in [4.69, 9.17) is 4.74 Å². The number of rotatable bonds is 3. The van der Waals surface area contributed by atoms with Gasteiger partial charge in [0.1, 0.15) is 0 Å². The van der Waals surface area contributed by atoms with E-state index in [1.54, 1.807) is 0 Å². The summed E-state index contributed by atoms with van der Waals surface area (Å²) >= 11 is 3.65. The Morgan fingerprint density at radius 2 is 2.07 bits per heavy atom. The van der Waals surface area contributed by atoms with E-state index >= 15 is 0 Å². The lowest BCUT2D eigenvalue weighted by Crippen LogP contribution is -2.53. The van der Waals surface area contributed by atoms with Gasteiger partial charge in [-0.05, 0) is 39.0 Å². The zero-order valence-corrected chi connectivity index (χ0v) is 11.6. The monoisotopic (exact) mass is 275 g/mol. The van der Waals surface area contributed by atoms with Crippen LogP contribution in [0.25, 0.3) is 0 Å². The molecule has 1 atom stereocenters. The summed E-state index contributed by atoms with van der Waals surface area (Å²) in [4.78, 5) is 2.59. The predicted octanol–water partition coefficient (Wildman–Crippen LogP) is 2.66. The van der Waals surface area contributed by atoms with Crippen molar-refractivity contribution in [3.63, 3.8) is 0 Å². The van der Waals surface area contributed by atoms with Crippen molar-refractivity contribution >= 4 is 15.9 Å². The van der Waals surface area contributed by atoms with Crippen molar-refractivity contribution in [1.29, 1.82) is 0 Å². The topological polar surface area (TPSA) is 12.5 Å². The van der Waals surface area contributed by atoms with Gasteiger partial charge < -0.3 is 4.74 Å². The van der Waals surface area contributed by atoms with Gasteiger partial charge >= 0.3 is 0 Å². The van der Waals surface area contributed by atoms with Crippen LogP contribution in [-0.2, 0) is 4.74 Å². The lowest BCUT2D eigenvalue weighted by molar-refractivity contribution is -0.131. The van der Waals surface area contributed by atoms with Crippen LogP contribution in [0.2, 0.25) is 0 Å². The minimum Gasteiger partial charge on any atom is -0.370 e. The maximum Gasteiger partial charge on any atom is 0.0757 e. The molecule has 88 valence electrons. The Morgan fingerprint density at radius 3 is 2.53 bits per heavy atom. The van der Waals surface area contributed by atoms with Gasteiger partial charge in [0.15, 0.2) is 0 Å². The fourth-order valence-corrected chi connectivity index (χ4v) is 3.43. The predicted molar refractivity (Wildman–Crippen MR) is 66.5 cm³/mol. The number of halogens is 1. The molecule has 2 rings (SSSR count). The van der Waals surface area contributed by atoms with Crippen molar-refractivity contribution in [2.45, 2.75) is 45.3 Å². The summed E-state index contributed by atoms with van der Waals surface area (Å²) in [5, 5.41) is 1.16. The second-order valence-corrected chi connectivity index (χ2v) is 6.55. The van der Waals surface area contributed by atoms with Crippen molar-refractivity contribution in [2.75, 3.05) is 25.0 Å². The molecule has 0 spiro atoms. The highest BCUT2D eigenvalue weighted by Crippen LogP contribution is 2.48. The molecule has 3 heteroatoms. The molecule has 2 aliphatic rings. The lowest BCUT2D eigenvalue weighted by atomic mass is 10.0. The minimum atomic E-state index is 0.0278. The summed E-state index contributed by atoms with van der Waals surface area (Å²) in [5.41, 5.74) is 0.618. The maximum atomic E-state index is 5.92. The third kappa shape index (κ3) is 2.95. The highest BCUT2D eigenvalue weighted by molar-refractivity contribution is 9.09. The van der Waals surface area contributed by atoms with Crippen LogP contribution in [0, 0.1) is 5.41 Å². The first-order valence-electron chi connectivity index (χ1n) is 5.91. The van der Waals surface area contributed by atoms with Gasteiger partial charge in [-0.15, -0.1) is 0 Å². The normalized spacial score (nSPS) is 34.0. The number of alkyl halides is 1. The molecule has 0 bridgehead atoms. The van der Waals surface area contributed by atoms with E-state index in [-0.39, 0.29) is 5.60 Å². The van der Waals surface area contributed by atoms with Crippen LogP contribution < -0.4 is 0 Å². The Balaban J connectivity index is 1.92. The number of hydrogen-bond acceptors (Lipinski definition) is 2. The molecule has 1 aliphatic heterocycles. The molecule has 1 unspecified atom stereocenters. The van der Waals surface area contributed by atoms with Crippen LogP contribution in [-0.4, -0.2) is 41.6 Å². The van der Waals surface area contributed by atoms with E-state index < -0.39 is 0 Å². The van der Waals surface area contributed by atoms with E-state index in [1.807, 2.05) is 0 Å². The molecule has 0 N–H and O–H groups in total. The fourth-order valence-electron chi connectivity index (χ4n) is 2.69. The van der Waals surface area contributed by atoms with Gasteiger partial charge in [0, 0.05) is 25.0 Å². The van der Waals surface area contributed by atoms with Crippen molar-refractivity contribution in [3.05, 3.63) is 0 Å². The average Bonchev–Trinajstić information content (AvgIpc) is 2.81. The van der Waals surface area contributed by atoms with E-state index in [1.165, 1.54) is 19.4 Å². The summed E-state index contributed by atoms with van der Waals surface area (Å²) in [6.45, 7) is 9.99. The van der Waals surface area contributed by atoms with Crippen LogP contribution in [0.15, 0.2) is 0 Å². The van der Waals surface area contributed by atoms with Gasteiger partial charge in [0.05, 0.1) is 11.7 Å². The molecule has 2 fully saturated rings. The first-order chi connectivity index (χ1) is 6.95. The minimum absolute atomic E-state index is 0.0278. The highest BCUT2D eigenvalue weighted by Gasteiger charge is 2.44. The molecular weight excluding hydrogens is 254 g/mol. The molecule has 2 nitrogen and oxygen atoms in total. The molecular formula is C12H22BrNO. The largest absolute Gasteiger partial charge is 0.370 e.